The number of rotatable bonds is 7. The number of benzene rings is 2. The van der Waals surface area contributed by atoms with Crippen molar-refractivity contribution in [2.24, 2.45) is 0 Å². The van der Waals surface area contributed by atoms with Crippen molar-refractivity contribution in [3.8, 4) is 6.07 Å². The van der Waals surface area contributed by atoms with Gasteiger partial charge >= 0.3 is 12.1 Å². The summed E-state index contributed by atoms with van der Waals surface area (Å²) in [7, 11) is 0. The summed E-state index contributed by atoms with van der Waals surface area (Å²) in [6, 6.07) is 14.4. The standard InChI is InChI=1S/C25H28F3N3O2/c1-4-33-23(32)24(2,3)30-14-13-21(17-30)31(20-11-9-18(15-29)10-12-20)16-19-7-5-6-8-22(19)25(26,27)28/h5-12,21H,4,13-14,16-17H2,1-3H3. The molecular formula is C25H28F3N3O2. The van der Waals surface area contributed by atoms with Crippen molar-refractivity contribution in [3.05, 3.63) is 65.2 Å². The molecule has 0 amide bonds. The number of carbonyl (C=O) groups excluding carboxylic acids is 1. The molecule has 1 atom stereocenters. The van der Waals surface area contributed by atoms with Crippen LogP contribution in [0.3, 0.4) is 0 Å². The first kappa shape index (κ1) is 24.6. The summed E-state index contributed by atoms with van der Waals surface area (Å²) in [6.45, 7) is 6.82. The maximum atomic E-state index is 13.6. The van der Waals surface area contributed by atoms with E-state index in [1.165, 1.54) is 12.1 Å². The number of halogens is 3. The van der Waals surface area contributed by atoms with E-state index in [2.05, 4.69) is 6.07 Å². The molecule has 0 aliphatic carbocycles. The Labute approximate surface area is 192 Å². The van der Waals surface area contributed by atoms with Gasteiger partial charge in [-0.3, -0.25) is 9.69 Å². The van der Waals surface area contributed by atoms with E-state index in [1.807, 2.05) is 9.80 Å². The average molecular weight is 460 g/mol. The predicted octanol–water partition coefficient (Wildman–Crippen LogP) is 5.00. The number of carbonyl (C=O) groups is 1. The first-order valence-corrected chi connectivity index (χ1v) is 10.9. The summed E-state index contributed by atoms with van der Waals surface area (Å²) in [6.07, 6.45) is -3.78. The van der Waals surface area contributed by atoms with Crippen LogP contribution in [0.5, 0.6) is 0 Å². The first-order valence-electron chi connectivity index (χ1n) is 10.9. The molecule has 0 bridgehead atoms. The molecule has 1 unspecified atom stereocenters. The van der Waals surface area contributed by atoms with Gasteiger partial charge in [-0.1, -0.05) is 18.2 Å². The van der Waals surface area contributed by atoms with Crippen LogP contribution in [0.15, 0.2) is 48.5 Å². The van der Waals surface area contributed by atoms with Crippen LogP contribution in [-0.4, -0.2) is 42.1 Å². The lowest BCUT2D eigenvalue weighted by molar-refractivity contribution is -0.155. The number of ether oxygens (including phenoxy) is 1. The van der Waals surface area contributed by atoms with E-state index in [9.17, 15) is 18.0 Å². The van der Waals surface area contributed by atoms with Gasteiger partial charge in [-0.2, -0.15) is 18.4 Å². The van der Waals surface area contributed by atoms with E-state index in [-0.39, 0.29) is 30.7 Å². The van der Waals surface area contributed by atoms with Crippen molar-refractivity contribution in [1.29, 1.82) is 5.26 Å². The van der Waals surface area contributed by atoms with Gasteiger partial charge in [-0.15, -0.1) is 0 Å². The fraction of sp³-hybridized carbons (Fsp3) is 0.440. The highest BCUT2D eigenvalue weighted by atomic mass is 19.4. The van der Waals surface area contributed by atoms with Gasteiger partial charge in [0.05, 0.1) is 23.8 Å². The van der Waals surface area contributed by atoms with Crippen molar-refractivity contribution in [2.45, 2.75) is 51.5 Å². The van der Waals surface area contributed by atoms with Crippen LogP contribution in [0, 0.1) is 11.3 Å². The second-order valence-electron chi connectivity index (χ2n) is 8.61. The zero-order valence-electron chi connectivity index (χ0n) is 19.0. The molecular weight excluding hydrogens is 431 g/mol. The summed E-state index contributed by atoms with van der Waals surface area (Å²) in [4.78, 5) is 16.4. The third-order valence-electron chi connectivity index (χ3n) is 6.16. The van der Waals surface area contributed by atoms with Gasteiger partial charge in [-0.25, -0.2) is 0 Å². The highest BCUT2D eigenvalue weighted by molar-refractivity contribution is 5.79. The van der Waals surface area contributed by atoms with E-state index >= 15 is 0 Å². The van der Waals surface area contributed by atoms with Crippen LogP contribution >= 0.6 is 0 Å². The molecule has 1 aliphatic heterocycles. The Morgan fingerprint density at radius 3 is 2.45 bits per heavy atom. The number of nitriles is 1. The molecule has 5 nitrogen and oxygen atoms in total. The van der Waals surface area contributed by atoms with Gasteiger partial charge in [0, 0.05) is 31.4 Å². The van der Waals surface area contributed by atoms with E-state index in [0.717, 1.165) is 11.8 Å². The average Bonchev–Trinajstić information content (AvgIpc) is 3.28. The molecule has 33 heavy (non-hydrogen) atoms. The predicted molar refractivity (Wildman–Crippen MR) is 119 cm³/mol. The number of nitrogens with zero attached hydrogens (tertiary/aromatic N) is 3. The zero-order valence-corrected chi connectivity index (χ0v) is 19.0. The minimum absolute atomic E-state index is 0.0555. The lowest BCUT2D eigenvalue weighted by atomic mass is 10.0. The Balaban J connectivity index is 1.93. The Bertz CT molecular complexity index is 1010. The Morgan fingerprint density at radius 1 is 1.18 bits per heavy atom. The summed E-state index contributed by atoms with van der Waals surface area (Å²) < 4.78 is 46.2. The van der Waals surface area contributed by atoms with Crippen LogP contribution < -0.4 is 4.90 Å². The monoisotopic (exact) mass is 459 g/mol. The van der Waals surface area contributed by atoms with Crippen LogP contribution in [0.2, 0.25) is 0 Å². The van der Waals surface area contributed by atoms with Crippen molar-refractivity contribution in [2.75, 3.05) is 24.6 Å². The minimum Gasteiger partial charge on any atom is -0.465 e. The fourth-order valence-electron chi connectivity index (χ4n) is 4.22. The van der Waals surface area contributed by atoms with Gasteiger partial charge < -0.3 is 9.64 Å². The molecule has 2 aromatic rings. The topological polar surface area (TPSA) is 56.6 Å². The number of anilines is 1. The normalized spacial score (nSPS) is 16.9. The minimum atomic E-state index is -4.46. The van der Waals surface area contributed by atoms with Gasteiger partial charge in [0.15, 0.2) is 0 Å². The summed E-state index contributed by atoms with van der Waals surface area (Å²) in [5.41, 5.74) is -0.120. The lowest BCUT2D eigenvalue weighted by Crippen LogP contribution is -2.51. The van der Waals surface area contributed by atoms with Crippen molar-refractivity contribution in [3.63, 3.8) is 0 Å². The molecule has 2 aromatic carbocycles. The summed E-state index contributed by atoms with van der Waals surface area (Å²) in [5, 5.41) is 9.12. The number of likely N-dealkylation sites (tertiary alicyclic amines) is 1. The Morgan fingerprint density at radius 2 is 1.85 bits per heavy atom. The third kappa shape index (κ3) is 5.48. The molecule has 0 spiro atoms. The highest BCUT2D eigenvalue weighted by Crippen LogP contribution is 2.35. The van der Waals surface area contributed by atoms with Crippen molar-refractivity contribution >= 4 is 11.7 Å². The molecule has 0 aromatic heterocycles. The number of alkyl halides is 3. The molecule has 1 heterocycles. The van der Waals surface area contributed by atoms with Gasteiger partial charge in [0.1, 0.15) is 5.54 Å². The van der Waals surface area contributed by atoms with Crippen LogP contribution in [-0.2, 0) is 22.3 Å². The van der Waals surface area contributed by atoms with Crippen LogP contribution in [0.4, 0.5) is 18.9 Å². The summed E-state index contributed by atoms with van der Waals surface area (Å²) in [5.74, 6) is -0.321. The zero-order chi connectivity index (χ0) is 24.2. The number of hydrogen-bond donors (Lipinski definition) is 0. The maximum Gasteiger partial charge on any atom is 0.416 e. The molecule has 0 radical (unpaired) electrons. The van der Waals surface area contributed by atoms with Crippen LogP contribution in [0.1, 0.15) is 43.9 Å². The molecule has 1 saturated heterocycles. The molecule has 176 valence electrons. The summed E-state index contributed by atoms with van der Waals surface area (Å²) >= 11 is 0. The quantitative estimate of drug-likeness (QED) is 0.546. The molecule has 3 rings (SSSR count). The molecule has 1 aliphatic rings. The second kappa shape index (κ2) is 9.84. The van der Waals surface area contributed by atoms with Gasteiger partial charge in [0.25, 0.3) is 0 Å². The highest BCUT2D eigenvalue weighted by Gasteiger charge is 2.42. The van der Waals surface area contributed by atoms with Crippen LogP contribution in [0.25, 0.3) is 0 Å². The van der Waals surface area contributed by atoms with Gasteiger partial charge in [-0.05, 0) is 63.1 Å². The van der Waals surface area contributed by atoms with E-state index in [1.54, 1.807) is 51.1 Å². The fourth-order valence-corrected chi connectivity index (χ4v) is 4.22. The smallest absolute Gasteiger partial charge is 0.416 e. The Kier molecular flexibility index (Phi) is 7.33. The van der Waals surface area contributed by atoms with E-state index < -0.39 is 17.3 Å². The number of esters is 1. The molecule has 0 saturated carbocycles. The number of hydrogen-bond acceptors (Lipinski definition) is 5. The largest absolute Gasteiger partial charge is 0.465 e. The second-order valence-corrected chi connectivity index (χ2v) is 8.61. The third-order valence-corrected chi connectivity index (χ3v) is 6.16. The van der Waals surface area contributed by atoms with Crippen molar-refractivity contribution in [1.82, 2.24) is 4.90 Å². The maximum absolute atomic E-state index is 13.6. The van der Waals surface area contributed by atoms with E-state index in [0.29, 0.717) is 25.1 Å². The molecule has 0 N–H and O–H groups in total. The SMILES string of the molecule is CCOC(=O)C(C)(C)N1CCC(N(Cc2ccccc2C(F)(F)F)c2ccc(C#N)cc2)C1. The van der Waals surface area contributed by atoms with E-state index in [4.69, 9.17) is 10.00 Å². The lowest BCUT2D eigenvalue weighted by Gasteiger charge is -2.36. The van der Waals surface area contributed by atoms with Crippen molar-refractivity contribution < 1.29 is 22.7 Å². The van der Waals surface area contributed by atoms with Gasteiger partial charge in [0.2, 0.25) is 0 Å². The molecule has 1 fully saturated rings. The Hall–Kier alpha value is -3.05. The first-order chi connectivity index (χ1) is 15.6. The molecule has 8 heteroatoms.